The number of hydrogen-bond acceptors (Lipinski definition) is 5. The number of phenols is 2. The fraction of sp³-hybridized carbons (Fsp3) is 0.190. The van der Waals surface area contributed by atoms with Gasteiger partial charge in [-0.1, -0.05) is 11.6 Å². The van der Waals surface area contributed by atoms with Gasteiger partial charge in [-0.05, 0) is 38.5 Å². The summed E-state index contributed by atoms with van der Waals surface area (Å²) < 4.78 is 37.9. The second kappa shape index (κ2) is 7.34. The van der Waals surface area contributed by atoms with Crippen molar-refractivity contribution in [1.29, 1.82) is 0 Å². The molecule has 146 valence electrons. The van der Waals surface area contributed by atoms with Gasteiger partial charge < -0.3 is 19.4 Å². The Labute approximate surface area is 159 Å². The molecule has 0 bridgehead atoms. The van der Waals surface area contributed by atoms with Crippen molar-refractivity contribution in [2.45, 2.75) is 20.3 Å². The lowest BCUT2D eigenvalue weighted by molar-refractivity contribution is 0.396. The molecular weight excluding hydrogens is 370 g/mol. The number of methoxy groups -OCH3 is 1. The zero-order valence-electron chi connectivity index (χ0n) is 15.5. The highest BCUT2D eigenvalue weighted by Gasteiger charge is 2.23. The van der Waals surface area contributed by atoms with Gasteiger partial charge in [0.05, 0.1) is 7.11 Å². The Morgan fingerprint density at radius 3 is 2.46 bits per heavy atom. The minimum atomic E-state index is -1.12. The summed E-state index contributed by atoms with van der Waals surface area (Å²) in [7, 11) is 1.23. The van der Waals surface area contributed by atoms with Gasteiger partial charge in [-0.2, -0.15) is 0 Å². The molecular formula is C21H18F2O5. The Kier molecular flexibility index (Phi) is 5.09. The third kappa shape index (κ3) is 3.31. The van der Waals surface area contributed by atoms with Crippen LogP contribution in [0.2, 0.25) is 0 Å². The molecule has 0 spiro atoms. The molecule has 0 aliphatic carbocycles. The maximum Gasteiger partial charge on any atom is 0.239 e. The van der Waals surface area contributed by atoms with Crippen molar-refractivity contribution in [3.63, 3.8) is 0 Å². The average molecular weight is 388 g/mol. The number of fused-ring (bicyclic) bond motifs is 1. The molecule has 0 unspecified atom stereocenters. The van der Waals surface area contributed by atoms with Crippen LogP contribution in [0.3, 0.4) is 0 Å². The molecule has 0 saturated carbocycles. The van der Waals surface area contributed by atoms with Crippen LogP contribution in [0.25, 0.3) is 22.3 Å². The first-order valence-electron chi connectivity index (χ1n) is 8.42. The first-order chi connectivity index (χ1) is 13.2. The van der Waals surface area contributed by atoms with Crippen molar-refractivity contribution in [3.8, 4) is 28.6 Å². The fourth-order valence-electron chi connectivity index (χ4n) is 2.89. The predicted molar refractivity (Wildman–Crippen MR) is 101 cm³/mol. The molecule has 1 aromatic heterocycles. The molecule has 7 heteroatoms. The first kappa shape index (κ1) is 19.4. The van der Waals surface area contributed by atoms with Gasteiger partial charge in [0.15, 0.2) is 17.4 Å². The normalized spacial score (nSPS) is 10.9. The Balaban J connectivity index is 2.42. The molecule has 0 fully saturated rings. The summed E-state index contributed by atoms with van der Waals surface area (Å²) in [5.41, 5.74) is 0.570. The van der Waals surface area contributed by atoms with Gasteiger partial charge in [0, 0.05) is 17.2 Å². The van der Waals surface area contributed by atoms with Gasteiger partial charge in [0.1, 0.15) is 22.5 Å². The predicted octanol–water partition coefficient (Wildman–Crippen LogP) is 4.67. The quantitative estimate of drug-likeness (QED) is 0.635. The Hall–Kier alpha value is -3.35. The maximum absolute atomic E-state index is 13.7. The molecule has 0 saturated heterocycles. The van der Waals surface area contributed by atoms with Crippen LogP contribution in [-0.4, -0.2) is 17.3 Å². The van der Waals surface area contributed by atoms with Crippen LogP contribution < -0.4 is 10.2 Å². The van der Waals surface area contributed by atoms with Crippen molar-refractivity contribution in [1.82, 2.24) is 0 Å². The van der Waals surface area contributed by atoms with Gasteiger partial charge >= 0.3 is 0 Å². The minimum absolute atomic E-state index is 0.0551. The van der Waals surface area contributed by atoms with Crippen molar-refractivity contribution >= 4 is 11.0 Å². The highest BCUT2D eigenvalue weighted by atomic mass is 19.2. The number of allylic oxidation sites excluding steroid dienone is 2. The van der Waals surface area contributed by atoms with Crippen molar-refractivity contribution in [2.75, 3.05) is 7.11 Å². The van der Waals surface area contributed by atoms with Gasteiger partial charge in [-0.3, -0.25) is 4.79 Å². The molecule has 2 N–H and O–H groups in total. The number of phenolic OH excluding ortho intramolecular Hbond substituents is 2. The van der Waals surface area contributed by atoms with Crippen LogP contribution in [0.1, 0.15) is 19.4 Å². The van der Waals surface area contributed by atoms with Crippen molar-refractivity contribution in [3.05, 3.63) is 63.3 Å². The summed E-state index contributed by atoms with van der Waals surface area (Å²) in [6.45, 7) is 3.73. The van der Waals surface area contributed by atoms with Gasteiger partial charge in [0.2, 0.25) is 11.2 Å². The van der Waals surface area contributed by atoms with E-state index in [-0.39, 0.29) is 45.8 Å². The second-order valence-electron chi connectivity index (χ2n) is 6.51. The molecule has 0 amide bonds. The summed E-state index contributed by atoms with van der Waals surface area (Å²) >= 11 is 0. The highest BCUT2D eigenvalue weighted by molar-refractivity contribution is 5.91. The van der Waals surface area contributed by atoms with Crippen molar-refractivity contribution < 1.29 is 28.1 Å². The highest BCUT2D eigenvalue weighted by Crippen LogP contribution is 2.39. The number of aromatic hydroxyl groups is 2. The lowest BCUT2D eigenvalue weighted by Gasteiger charge is -2.13. The molecule has 3 rings (SSSR count). The molecule has 0 aliphatic heterocycles. The summed E-state index contributed by atoms with van der Waals surface area (Å²) in [5.74, 6) is -3.31. The van der Waals surface area contributed by atoms with E-state index < -0.39 is 22.8 Å². The zero-order valence-corrected chi connectivity index (χ0v) is 15.5. The van der Waals surface area contributed by atoms with E-state index in [0.717, 1.165) is 23.8 Å². The summed E-state index contributed by atoms with van der Waals surface area (Å²) in [5, 5.41) is 20.3. The van der Waals surface area contributed by atoms with Gasteiger partial charge in [0.25, 0.3) is 0 Å². The number of halogens is 2. The number of rotatable bonds is 4. The molecule has 0 radical (unpaired) electrons. The topological polar surface area (TPSA) is 79.9 Å². The van der Waals surface area contributed by atoms with E-state index >= 15 is 0 Å². The number of benzene rings is 2. The van der Waals surface area contributed by atoms with E-state index in [2.05, 4.69) is 0 Å². The Morgan fingerprint density at radius 1 is 1.14 bits per heavy atom. The Morgan fingerprint density at radius 2 is 1.86 bits per heavy atom. The maximum atomic E-state index is 13.7. The third-order valence-electron chi connectivity index (χ3n) is 4.28. The smallest absolute Gasteiger partial charge is 0.239 e. The average Bonchev–Trinajstić information content (AvgIpc) is 2.62. The lowest BCUT2D eigenvalue weighted by Crippen LogP contribution is -2.09. The number of ether oxygens (including phenoxy) is 1. The van der Waals surface area contributed by atoms with E-state index in [9.17, 15) is 23.8 Å². The zero-order chi connectivity index (χ0) is 20.6. The van der Waals surface area contributed by atoms with E-state index in [1.807, 2.05) is 19.9 Å². The molecule has 28 heavy (non-hydrogen) atoms. The lowest BCUT2D eigenvalue weighted by atomic mass is 10.0. The van der Waals surface area contributed by atoms with Crippen LogP contribution in [0.4, 0.5) is 8.78 Å². The Bertz CT molecular complexity index is 1160. The molecule has 1 heterocycles. The third-order valence-corrected chi connectivity index (χ3v) is 4.28. The molecule has 3 aromatic rings. The number of hydrogen-bond donors (Lipinski definition) is 2. The van der Waals surface area contributed by atoms with Crippen LogP contribution in [0, 0.1) is 11.6 Å². The van der Waals surface area contributed by atoms with E-state index in [4.69, 9.17) is 9.15 Å². The van der Waals surface area contributed by atoms with E-state index in [0.29, 0.717) is 0 Å². The fourth-order valence-corrected chi connectivity index (χ4v) is 2.89. The van der Waals surface area contributed by atoms with Gasteiger partial charge in [-0.25, -0.2) is 8.78 Å². The minimum Gasteiger partial charge on any atom is -0.507 e. The first-order valence-corrected chi connectivity index (χ1v) is 8.42. The summed E-state index contributed by atoms with van der Waals surface area (Å²) in [6.07, 6.45) is 2.05. The van der Waals surface area contributed by atoms with Gasteiger partial charge in [-0.15, -0.1) is 0 Å². The van der Waals surface area contributed by atoms with Crippen LogP contribution in [0.5, 0.6) is 17.2 Å². The van der Waals surface area contributed by atoms with E-state index in [1.165, 1.54) is 13.2 Å². The summed E-state index contributed by atoms with van der Waals surface area (Å²) in [6, 6.07) is 4.08. The van der Waals surface area contributed by atoms with E-state index in [1.54, 1.807) is 0 Å². The molecule has 5 nitrogen and oxygen atoms in total. The van der Waals surface area contributed by atoms with Crippen LogP contribution in [0.15, 0.2) is 45.1 Å². The van der Waals surface area contributed by atoms with Crippen LogP contribution in [-0.2, 0) is 6.42 Å². The standard InChI is InChI=1S/C21H18F2O5/c1-10(2)4-6-12-15(24)9-16(25)17-18(26)21(27-3)19(28-20(12)17)11-5-7-13(22)14(23)8-11/h4-5,7-9,24-25H,6H2,1-3H3. The second-order valence-corrected chi connectivity index (χ2v) is 6.51. The monoisotopic (exact) mass is 388 g/mol. The molecule has 2 aromatic carbocycles. The SMILES string of the molecule is COc1c(-c2ccc(F)c(F)c2)oc2c(CC=C(C)C)c(O)cc(O)c2c1=O. The molecule has 0 atom stereocenters. The molecule has 0 aliphatic rings. The van der Waals surface area contributed by atoms with Crippen molar-refractivity contribution in [2.24, 2.45) is 0 Å². The van der Waals surface area contributed by atoms with Crippen LogP contribution >= 0.6 is 0 Å². The largest absolute Gasteiger partial charge is 0.507 e. The summed E-state index contributed by atoms with van der Waals surface area (Å²) in [4.78, 5) is 12.9.